The molecule has 1 aliphatic heterocycles. The Hall–Kier alpha value is -3.38. The second kappa shape index (κ2) is 9.83. The van der Waals surface area contributed by atoms with Gasteiger partial charge >= 0.3 is 11.8 Å². The first-order valence-electron chi connectivity index (χ1n) is 9.93. The molecule has 0 saturated carbocycles. The van der Waals surface area contributed by atoms with Crippen LogP contribution in [0.15, 0.2) is 47.6 Å². The van der Waals surface area contributed by atoms with Gasteiger partial charge in [0.05, 0.1) is 4.92 Å². The minimum absolute atomic E-state index is 0.000749. The number of nitro benzene ring substituents is 1. The van der Waals surface area contributed by atoms with Gasteiger partial charge in [-0.1, -0.05) is 6.07 Å². The van der Waals surface area contributed by atoms with E-state index in [4.69, 9.17) is 0 Å². The van der Waals surface area contributed by atoms with Crippen molar-refractivity contribution in [2.45, 2.75) is 24.7 Å². The van der Waals surface area contributed by atoms with E-state index in [-0.39, 0.29) is 28.7 Å². The average molecular weight is 462 g/mol. The quantitative estimate of drug-likeness (QED) is 0.375. The van der Waals surface area contributed by atoms with Crippen molar-refractivity contribution in [2.24, 2.45) is 5.92 Å². The number of carbonyl (C=O) groups excluding carboxylic acids is 2. The molecule has 0 unspecified atom stereocenters. The number of aromatic nitrogens is 1. The van der Waals surface area contributed by atoms with Crippen molar-refractivity contribution in [3.05, 3.63) is 58.4 Å². The van der Waals surface area contributed by atoms with E-state index < -0.39 is 26.8 Å². The van der Waals surface area contributed by atoms with E-state index in [0.29, 0.717) is 31.5 Å². The molecule has 0 aliphatic carbocycles. The van der Waals surface area contributed by atoms with Crippen LogP contribution in [-0.2, 0) is 19.6 Å². The number of nitrogens with one attached hydrogen (secondary N) is 2. The molecule has 11 nitrogen and oxygen atoms in total. The Labute approximate surface area is 185 Å². The van der Waals surface area contributed by atoms with E-state index >= 15 is 0 Å². The summed E-state index contributed by atoms with van der Waals surface area (Å²) < 4.78 is 26.6. The molecule has 1 fully saturated rings. The first kappa shape index (κ1) is 23.3. The van der Waals surface area contributed by atoms with Gasteiger partial charge in [0.2, 0.25) is 10.0 Å². The molecule has 1 saturated heterocycles. The number of aryl methyl sites for hydroxylation is 1. The molecule has 0 bridgehead atoms. The lowest BCUT2D eigenvalue weighted by molar-refractivity contribution is -0.384. The van der Waals surface area contributed by atoms with E-state index in [9.17, 15) is 28.1 Å². The number of nitrogens with zero attached hydrogens (tertiary/aromatic N) is 3. The van der Waals surface area contributed by atoms with Crippen LogP contribution >= 0.6 is 0 Å². The molecule has 3 rings (SSSR count). The van der Waals surface area contributed by atoms with Gasteiger partial charge in [-0.15, -0.1) is 0 Å². The van der Waals surface area contributed by atoms with Crippen LogP contribution < -0.4 is 10.6 Å². The smallest absolute Gasteiger partial charge is 0.313 e. The van der Waals surface area contributed by atoms with Gasteiger partial charge in [0.25, 0.3) is 5.69 Å². The van der Waals surface area contributed by atoms with Crippen molar-refractivity contribution >= 4 is 33.2 Å². The Bertz CT molecular complexity index is 1110. The van der Waals surface area contributed by atoms with Gasteiger partial charge in [-0.3, -0.25) is 24.7 Å². The lowest BCUT2D eigenvalue weighted by atomic mass is 9.98. The van der Waals surface area contributed by atoms with Gasteiger partial charge in [-0.2, -0.15) is 4.31 Å². The topological polar surface area (TPSA) is 152 Å². The van der Waals surface area contributed by atoms with E-state index in [1.807, 2.05) is 0 Å². The number of hydrogen-bond acceptors (Lipinski definition) is 7. The predicted molar refractivity (Wildman–Crippen MR) is 115 cm³/mol. The molecule has 1 aliphatic rings. The first-order valence-corrected chi connectivity index (χ1v) is 11.4. The van der Waals surface area contributed by atoms with Crippen molar-refractivity contribution < 1.29 is 22.9 Å². The Balaban J connectivity index is 1.50. The first-order chi connectivity index (χ1) is 15.2. The fourth-order valence-corrected chi connectivity index (χ4v) is 4.83. The summed E-state index contributed by atoms with van der Waals surface area (Å²) in [6.45, 7) is 2.46. The monoisotopic (exact) mass is 461 g/mol. The molecule has 2 heterocycles. The normalized spacial score (nSPS) is 15.2. The lowest BCUT2D eigenvalue weighted by Crippen LogP contribution is -2.43. The van der Waals surface area contributed by atoms with Crippen LogP contribution in [-0.4, -0.2) is 54.1 Å². The van der Waals surface area contributed by atoms with Gasteiger partial charge in [-0.05, 0) is 49.4 Å². The molecule has 32 heavy (non-hydrogen) atoms. The molecule has 0 radical (unpaired) electrons. The number of hydrogen-bond donors (Lipinski definition) is 2. The number of pyridine rings is 1. The summed E-state index contributed by atoms with van der Waals surface area (Å²) in [4.78, 5) is 38.8. The maximum atomic E-state index is 12.6. The second-order valence-electron chi connectivity index (χ2n) is 7.48. The molecule has 1 aromatic carbocycles. The van der Waals surface area contributed by atoms with Crippen molar-refractivity contribution in [3.8, 4) is 0 Å². The number of amides is 2. The summed E-state index contributed by atoms with van der Waals surface area (Å²) in [5.41, 5.74) is 0.291. The van der Waals surface area contributed by atoms with Crippen LogP contribution in [0.2, 0.25) is 0 Å². The fraction of sp³-hybridized carbons (Fsp3) is 0.350. The van der Waals surface area contributed by atoms with Gasteiger partial charge in [-0.25, -0.2) is 8.42 Å². The molecule has 170 valence electrons. The molecule has 12 heteroatoms. The maximum absolute atomic E-state index is 12.6. The predicted octanol–water partition coefficient (Wildman–Crippen LogP) is 1.45. The molecular formula is C20H23N5O6S. The zero-order valence-corrected chi connectivity index (χ0v) is 18.2. The molecule has 1 aromatic heterocycles. The molecular weight excluding hydrogens is 438 g/mol. The molecule has 2 N–H and O–H groups in total. The average Bonchev–Trinajstić information content (AvgIpc) is 2.79. The number of anilines is 1. The fourth-order valence-electron chi connectivity index (χ4n) is 3.40. The number of benzene rings is 1. The van der Waals surface area contributed by atoms with E-state index in [1.54, 1.807) is 19.1 Å². The summed E-state index contributed by atoms with van der Waals surface area (Å²) in [6, 6.07) is 7.32. The van der Waals surface area contributed by atoms with Gasteiger partial charge in [0, 0.05) is 38.1 Å². The van der Waals surface area contributed by atoms with E-state index in [0.717, 1.165) is 0 Å². The van der Waals surface area contributed by atoms with Crippen LogP contribution in [0.25, 0.3) is 0 Å². The third kappa shape index (κ3) is 5.45. The number of carbonyl (C=O) groups is 2. The van der Waals surface area contributed by atoms with Gasteiger partial charge in [0.15, 0.2) is 0 Å². The summed E-state index contributed by atoms with van der Waals surface area (Å²) in [7, 11) is -3.61. The summed E-state index contributed by atoms with van der Waals surface area (Å²) in [6.07, 6.45) is 3.84. The summed E-state index contributed by atoms with van der Waals surface area (Å²) in [5.74, 6) is -1.92. The Morgan fingerprint density at radius 3 is 2.56 bits per heavy atom. The highest BCUT2D eigenvalue weighted by molar-refractivity contribution is 7.89. The molecule has 2 amide bonds. The number of piperidine rings is 1. The second-order valence-corrected chi connectivity index (χ2v) is 9.42. The number of rotatable bonds is 6. The lowest BCUT2D eigenvalue weighted by Gasteiger charge is -2.31. The van der Waals surface area contributed by atoms with Crippen molar-refractivity contribution in [2.75, 3.05) is 25.0 Å². The highest BCUT2D eigenvalue weighted by atomic mass is 32.2. The zero-order valence-electron chi connectivity index (χ0n) is 17.4. The van der Waals surface area contributed by atoms with Crippen LogP contribution in [0.3, 0.4) is 0 Å². The van der Waals surface area contributed by atoms with Gasteiger partial charge in [0.1, 0.15) is 10.6 Å². The van der Waals surface area contributed by atoms with Crippen molar-refractivity contribution in [1.82, 2.24) is 14.6 Å². The number of nitro groups is 1. The highest BCUT2D eigenvalue weighted by Crippen LogP contribution is 2.25. The molecule has 0 spiro atoms. The summed E-state index contributed by atoms with van der Waals surface area (Å²) >= 11 is 0. The van der Waals surface area contributed by atoms with Crippen molar-refractivity contribution in [3.63, 3.8) is 0 Å². The Kier molecular flexibility index (Phi) is 7.15. The van der Waals surface area contributed by atoms with Crippen LogP contribution in [0.1, 0.15) is 18.4 Å². The third-order valence-corrected chi connectivity index (χ3v) is 7.08. The van der Waals surface area contributed by atoms with E-state index in [1.165, 1.54) is 34.9 Å². The third-order valence-electron chi connectivity index (χ3n) is 5.20. The zero-order chi connectivity index (χ0) is 23.3. The SMILES string of the molecule is Cc1ccc(NC(=O)C(=O)NCC2CCN(S(=O)(=O)c3cccnc3)CC2)c([N+](=O)[O-])c1. The standard InChI is InChI=1S/C20H23N5O6S/c1-14-4-5-17(18(11-14)25(28)29)23-20(27)19(26)22-12-15-6-9-24(10-7-15)32(30,31)16-3-2-8-21-13-16/h2-5,8,11,13,15H,6-7,9-10,12H2,1H3,(H,22,26)(H,23,27). The van der Waals surface area contributed by atoms with E-state index in [2.05, 4.69) is 15.6 Å². The van der Waals surface area contributed by atoms with Crippen LogP contribution in [0.4, 0.5) is 11.4 Å². The Morgan fingerprint density at radius 1 is 1.22 bits per heavy atom. The van der Waals surface area contributed by atoms with Crippen molar-refractivity contribution in [1.29, 1.82) is 0 Å². The van der Waals surface area contributed by atoms with Crippen LogP contribution in [0.5, 0.6) is 0 Å². The highest BCUT2D eigenvalue weighted by Gasteiger charge is 2.30. The van der Waals surface area contributed by atoms with Crippen LogP contribution in [0, 0.1) is 23.0 Å². The number of sulfonamides is 1. The Morgan fingerprint density at radius 2 is 1.94 bits per heavy atom. The molecule has 0 atom stereocenters. The maximum Gasteiger partial charge on any atom is 0.313 e. The largest absolute Gasteiger partial charge is 0.348 e. The van der Waals surface area contributed by atoms with Gasteiger partial charge < -0.3 is 10.6 Å². The molecule has 2 aromatic rings. The minimum Gasteiger partial charge on any atom is -0.348 e. The summed E-state index contributed by atoms with van der Waals surface area (Å²) in [5, 5.41) is 15.9. The minimum atomic E-state index is -3.61.